The number of rotatable bonds is 3. The van der Waals surface area contributed by atoms with Crippen LogP contribution >= 0.6 is 0 Å². The lowest BCUT2D eigenvalue weighted by molar-refractivity contribution is 0.102. The van der Waals surface area contributed by atoms with Gasteiger partial charge in [0.1, 0.15) is 0 Å². The molecule has 2 aromatic heterocycles. The smallest absolute Gasteiger partial charge is 0.257 e. The fourth-order valence-electron chi connectivity index (χ4n) is 1.83. The van der Waals surface area contributed by atoms with Gasteiger partial charge in [-0.1, -0.05) is 0 Å². The Morgan fingerprint density at radius 3 is 2.57 bits per heavy atom. The van der Waals surface area contributed by atoms with Gasteiger partial charge in [0, 0.05) is 23.5 Å². The molecule has 3 aromatic rings. The van der Waals surface area contributed by atoms with Gasteiger partial charge in [0.05, 0.1) is 11.8 Å². The first-order chi connectivity index (χ1) is 10.2. The van der Waals surface area contributed by atoms with Crippen molar-refractivity contribution in [2.24, 2.45) is 0 Å². The Bertz CT molecular complexity index is 784. The molecule has 0 aliphatic carbocycles. The predicted octanol–water partition coefficient (Wildman–Crippen LogP) is 2.28. The summed E-state index contributed by atoms with van der Waals surface area (Å²) in [5.41, 5.74) is 1.65. The number of oxazole rings is 1. The molecule has 2 N–H and O–H groups in total. The fourth-order valence-corrected chi connectivity index (χ4v) is 1.83. The highest BCUT2D eigenvalue weighted by atomic mass is 16.3. The Hall–Kier alpha value is -3.15. The third-order valence-corrected chi connectivity index (χ3v) is 2.91. The normalized spacial score (nSPS) is 10.3. The number of aromatic nitrogens is 2. The van der Waals surface area contributed by atoms with Crippen molar-refractivity contribution in [3.8, 4) is 11.3 Å². The largest absolute Gasteiger partial charge is 0.444 e. The zero-order chi connectivity index (χ0) is 14.7. The average molecular weight is 281 g/mol. The van der Waals surface area contributed by atoms with Crippen LogP contribution in [-0.2, 0) is 0 Å². The van der Waals surface area contributed by atoms with Crippen molar-refractivity contribution in [1.29, 1.82) is 0 Å². The lowest BCUT2D eigenvalue weighted by Gasteiger charge is -2.05. The Labute approximate surface area is 119 Å². The van der Waals surface area contributed by atoms with E-state index in [2.05, 4.69) is 15.3 Å². The van der Waals surface area contributed by atoms with Crippen LogP contribution < -0.4 is 10.9 Å². The van der Waals surface area contributed by atoms with E-state index >= 15 is 0 Å². The molecule has 6 nitrogen and oxygen atoms in total. The molecule has 21 heavy (non-hydrogen) atoms. The van der Waals surface area contributed by atoms with Crippen molar-refractivity contribution in [2.75, 3.05) is 5.32 Å². The van der Waals surface area contributed by atoms with Crippen molar-refractivity contribution in [1.82, 2.24) is 9.97 Å². The molecular formula is C15H11N3O3. The Morgan fingerprint density at radius 2 is 1.95 bits per heavy atom. The second-order valence-electron chi connectivity index (χ2n) is 4.34. The number of nitrogens with one attached hydrogen (secondary N) is 2. The number of carbonyl (C=O) groups excluding carboxylic acids is 1. The summed E-state index contributed by atoms with van der Waals surface area (Å²) in [6.45, 7) is 0. The number of amides is 1. The van der Waals surface area contributed by atoms with Crippen LogP contribution in [-0.4, -0.2) is 15.9 Å². The lowest BCUT2D eigenvalue weighted by atomic mass is 10.1. The van der Waals surface area contributed by atoms with Crippen LogP contribution in [0.5, 0.6) is 0 Å². The second-order valence-corrected chi connectivity index (χ2v) is 4.34. The molecule has 0 unspecified atom stereocenters. The van der Waals surface area contributed by atoms with Crippen LogP contribution in [0, 0.1) is 0 Å². The van der Waals surface area contributed by atoms with E-state index in [-0.39, 0.29) is 11.5 Å². The van der Waals surface area contributed by atoms with Gasteiger partial charge in [-0.3, -0.25) is 9.59 Å². The van der Waals surface area contributed by atoms with Gasteiger partial charge in [-0.25, -0.2) is 4.98 Å². The topological polar surface area (TPSA) is 88.0 Å². The van der Waals surface area contributed by atoms with Crippen molar-refractivity contribution in [3.05, 3.63) is 71.1 Å². The number of H-pyrrole nitrogens is 1. The molecule has 3 rings (SSSR count). The average Bonchev–Trinajstić information content (AvgIpc) is 3.03. The quantitative estimate of drug-likeness (QED) is 0.771. The number of anilines is 1. The number of hydrogen-bond donors (Lipinski definition) is 2. The van der Waals surface area contributed by atoms with Crippen molar-refractivity contribution >= 4 is 11.6 Å². The molecule has 0 aliphatic rings. The zero-order valence-corrected chi connectivity index (χ0v) is 10.9. The number of carbonyl (C=O) groups is 1. The van der Waals surface area contributed by atoms with Crippen molar-refractivity contribution in [2.45, 2.75) is 0 Å². The summed E-state index contributed by atoms with van der Waals surface area (Å²) in [7, 11) is 0. The van der Waals surface area contributed by atoms with E-state index in [9.17, 15) is 9.59 Å². The van der Waals surface area contributed by atoms with Gasteiger partial charge in [0.25, 0.3) is 5.91 Å². The highest BCUT2D eigenvalue weighted by Crippen LogP contribution is 2.20. The summed E-state index contributed by atoms with van der Waals surface area (Å²) < 4.78 is 5.19. The lowest BCUT2D eigenvalue weighted by Crippen LogP contribution is -2.14. The number of aromatic amines is 1. The molecule has 104 valence electrons. The number of nitrogens with zero attached hydrogens (tertiary/aromatic N) is 1. The summed E-state index contributed by atoms with van der Waals surface area (Å²) in [6, 6.07) is 9.95. The van der Waals surface area contributed by atoms with E-state index in [0.717, 1.165) is 5.56 Å². The van der Waals surface area contributed by atoms with E-state index in [1.807, 2.05) is 12.1 Å². The molecule has 0 saturated heterocycles. The Kier molecular flexibility index (Phi) is 3.34. The van der Waals surface area contributed by atoms with Crippen LogP contribution in [0.15, 0.2) is 64.4 Å². The maximum atomic E-state index is 12.0. The van der Waals surface area contributed by atoms with Gasteiger partial charge < -0.3 is 14.7 Å². The molecule has 0 fully saturated rings. The maximum absolute atomic E-state index is 12.0. The minimum atomic E-state index is -0.293. The molecule has 0 bridgehead atoms. The van der Waals surface area contributed by atoms with E-state index < -0.39 is 0 Å². The third kappa shape index (κ3) is 2.89. The van der Waals surface area contributed by atoms with E-state index in [1.165, 1.54) is 24.7 Å². The summed E-state index contributed by atoms with van der Waals surface area (Å²) >= 11 is 0. The maximum Gasteiger partial charge on any atom is 0.257 e. The monoisotopic (exact) mass is 281 g/mol. The standard InChI is InChI=1S/C15H11N3O3/c19-14-6-3-11(7-17-14)15(20)18-12-4-1-10(2-5-12)13-8-16-9-21-13/h1-9H,(H,17,19)(H,18,20). The van der Waals surface area contributed by atoms with Crippen LogP contribution in [0.3, 0.4) is 0 Å². The summed E-state index contributed by atoms with van der Waals surface area (Å²) in [4.78, 5) is 29.2. The molecule has 0 atom stereocenters. The van der Waals surface area contributed by atoms with Gasteiger partial charge in [-0.15, -0.1) is 0 Å². The molecular weight excluding hydrogens is 270 g/mol. The first kappa shape index (κ1) is 12.9. The molecule has 1 aromatic carbocycles. The molecule has 1 amide bonds. The van der Waals surface area contributed by atoms with Gasteiger partial charge in [0.15, 0.2) is 12.2 Å². The van der Waals surface area contributed by atoms with Crippen LogP contribution in [0.2, 0.25) is 0 Å². The van der Waals surface area contributed by atoms with Crippen molar-refractivity contribution in [3.63, 3.8) is 0 Å². The SMILES string of the molecule is O=C(Nc1ccc(-c2cnco2)cc1)c1ccc(=O)[nH]c1. The summed E-state index contributed by atoms with van der Waals surface area (Å²) in [6.07, 6.45) is 4.36. The first-order valence-corrected chi connectivity index (χ1v) is 6.21. The number of pyridine rings is 1. The van der Waals surface area contributed by atoms with Crippen LogP contribution in [0.25, 0.3) is 11.3 Å². The summed E-state index contributed by atoms with van der Waals surface area (Å²) in [5, 5.41) is 2.74. The molecule has 0 saturated carbocycles. The highest BCUT2D eigenvalue weighted by Gasteiger charge is 2.07. The van der Waals surface area contributed by atoms with Gasteiger partial charge in [-0.05, 0) is 30.3 Å². The third-order valence-electron chi connectivity index (χ3n) is 2.91. The Morgan fingerprint density at radius 1 is 1.14 bits per heavy atom. The van der Waals surface area contributed by atoms with Crippen molar-refractivity contribution < 1.29 is 9.21 Å². The van der Waals surface area contributed by atoms with Gasteiger partial charge in [-0.2, -0.15) is 0 Å². The van der Waals surface area contributed by atoms with E-state index in [4.69, 9.17) is 4.42 Å². The minimum Gasteiger partial charge on any atom is -0.444 e. The van der Waals surface area contributed by atoms with Crippen LogP contribution in [0.4, 0.5) is 5.69 Å². The molecule has 2 heterocycles. The fraction of sp³-hybridized carbons (Fsp3) is 0. The minimum absolute atomic E-state index is 0.247. The molecule has 6 heteroatoms. The number of hydrogen-bond acceptors (Lipinski definition) is 4. The molecule has 0 spiro atoms. The number of benzene rings is 1. The van der Waals surface area contributed by atoms with Crippen LogP contribution in [0.1, 0.15) is 10.4 Å². The first-order valence-electron chi connectivity index (χ1n) is 6.21. The van der Waals surface area contributed by atoms with Gasteiger partial charge in [0.2, 0.25) is 5.56 Å². The predicted molar refractivity (Wildman–Crippen MR) is 77.0 cm³/mol. The molecule has 0 aliphatic heterocycles. The Balaban J connectivity index is 1.74. The highest BCUT2D eigenvalue weighted by molar-refractivity contribution is 6.04. The van der Waals surface area contributed by atoms with Gasteiger partial charge >= 0.3 is 0 Å². The summed E-state index contributed by atoms with van der Waals surface area (Å²) in [5.74, 6) is 0.368. The van der Waals surface area contributed by atoms with E-state index in [1.54, 1.807) is 18.3 Å². The van der Waals surface area contributed by atoms with E-state index in [0.29, 0.717) is 17.0 Å². The molecule has 0 radical (unpaired) electrons. The zero-order valence-electron chi connectivity index (χ0n) is 10.9. The second kappa shape index (κ2) is 5.46.